The highest BCUT2D eigenvalue weighted by Crippen LogP contribution is 2.38. The molecule has 0 heterocycles. The number of hydrogen-bond donors (Lipinski definition) is 1. The van der Waals surface area contributed by atoms with Gasteiger partial charge in [-0.1, -0.05) is 12.1 Å². The molecular formula is C15H19NO3. The second-order valence-corrected chi connectivity index (χ2v) is 4.33. The lowest BCUT2D eigenvalue weighted by Crippen LogP contribution is -2.23. The van der Waals surface area contributed by atoms with Crippen molar-refractivity contribution < 1.29 is 14.3 Å². The third-order valence-corrected chi connectivity index (χ3v) is 3.06. The summed E-state index contributed by atoms with van der Waals surface area (Å²) in [6.45, 7) is 3.62. The Balaban J connectivity index is 1.78. The second kappa shape index (κ2) is 6.38. The van der Waals surface area contributed by atoms with E-state index in [1.54, 1.807) is 7.11 Å². The van der Waals surface area contributed by atoms with Gasteiger partial charge in [0, 0.05) is 18.7 Å². The van der Waals surface area contributed by atoms with Crippen molar-refractivity contribution in [3.63, 3.8) is 0 Å². The quantitative estimate of drug-likeness (QED) is 0.603. The van der Waals surface area contributed by atoms with Crippen molar-refractivity contribution in [2.24, 2.45) is 0 Å². The van der Waals surface area contributed by atoms with Gasteiger partial charge in [-0.2, -0.15) is 0 Å². The maximum Gasteiger partial charge on any atom is 0.307 e. The van der Waals surface area contributed by atoms with E-state index in [0.29, 0.717) is 19.6 Å². The van der Waals surface area contributed by atoms with Gasteiger partial charge in [0.1, 0.15) is 5.75 Å². The molecule has 1 N–H and O–H groups in total. The van der Waals surface area contributed by atoms with Crippen LogP contribution >= 0.6 is 0 Å². The standard InChI is InChI=1S/C15H19NO3/c1-3-19-14(17)7-8-16-10-12-9-11-5-4-6-13(18-2)15(11)12/h4-6,9,16H,3,7-8,10H2,1-2H3. The van der Waals surface area contributed by atoms with Crippen molar-refractivity contribution in [2.75, 3.05) is 26.8 Å². The molecule has 4 nitrogen and oxygen atoms in total. The van der Waals surface area contributed by atoms with Crippen molar-refractivity contribution in [3.05, 3.63) is 29.3 Å². The molecule has 0 aliphatic heterocycles. The molecule has 1 aliphatic carbocycles. The predicted octanol–water partition coefficient (Wildman–Crippen LogP) is 2.09. The first kappa shape index (κ1) is 13.6. The Kier molecular flexibility index (Phi) is 4.58. The minimum atomic E-state index is -0.157. The van der Waals surface area contributed by atoms with Crippen LogP contribution in [-0.2, 0) is 9.53 Å². The summed E-state index contributed by atoms with van der Waals surface area (Å²) < 4.78 is 10.2. The third-order valence-electron chi connectivity index (χ3n) is 3.06. The lowest BCUT2D eigenvalue weighted by molar-refractivity contribution is -0.142. The van der Waals surface area contributed by atoms with E-state index in [1.807, 2.05) is 19.1 Å². The number of methoxy groups -OCH3 is 1. The van der Waals surface area contributed by atoms with Crippen LogP contribution in [0, 0.1) is 0 Å². The first-order chi connectivity index (χ1) is 9.26. The van der Waals surface area contributed by atoms with Gasteiger partial charge in [-0.3, -0.25) is 4.79 Å². The number of carbonyl (C=O) groups is 1. The maximum absolute atomic E-state index is 11.2. The van der Waals surface area contributed by atoms with Crippen molar-refractivity contribution in [2.45, 2.75) is 13.3 Å². The fraction of sp³-hybridized carbons (Fsp3) is 0.400. The first-order valence-corrected chi connectivity index (χ1v) is 6.50. The van der Waals surface area contributed by atoms with Gasteiger partial charge in [-0.05, 0) is 30.2 Å². The van der Waals surface area contributed by atoms with E-state index < -0.39 is 0 Å². The predicted molar refractivity (Wildman–Crippen MR) is 75.0 cm³/mol. The van der Waals surface area contributed by atoms with E-state index in [4.69, 9.17) is 9.47 Å². The lowest BCUT2D eigenvalue weighted by atomic mass is 9.87. The van der Waals surface area contributed by atoms with Crippen LogP contribution in [0.15, 0.2) is 18.2 Å². The molecule has 102 valence electrons. The summed E-state index contributed by atoms with van der Waals surface area (Å²) in [6.07, 6.45) is 2.54. The minimum absolute atomic E-state index is 0.157. The second-order valence-electron chi connectivity index (χ2n) is 4.33. The van der Waals surface area contributed by atoms with E-state index in [-0.39, 0.29) is 5.97 Å². The maximum atomic E-state index is 11.2. The SMILES string of the molecule is CCOC(=O)CCNCC1=Cc2cccc(OC)c21. The number of benzene rings is 1. The monoisotopic (exact) mass is 261 g/mol. The van der Waals surface area contributed by atoms with Crippen LogP contribution in [0.1, 0.15) is 24.5 Å². The number of carbonyl (C=O) groups excluding carboxylic acids is 1. The van der Waals surface area contributed by atoms with Gasteiger partial charge in [0.05, 0.1) is 20.1 Å². The number of fused-ring (bicyclic) bond motifs is 1. The molecule has 0 aromatic heterocycles. The van der Waals surface area contributed by atoms with Crippen molar-refractivity contribution >= 4 is 17.6 Å². The Labute approximate surface area is 113 Å². The van der Waals surface area contributed by atoms with Crippen LogP contribution in [0.4, 0.5) is 0 Å². The minimum Gasteiger partial charge on any atom is -0.496 e. The summed E-state index contributed by atoms with van der Waals surface area (Å²) in [6, 6.07) is 6.02. The highest BCUT2D eigenvalue weighted by atomic mass is 16.5. The molecule has 1 aromatic carbocycles. The van der Waals surface area contributed by atoms with Crippen LogP contribution < -0.4 is 10.1 Å². The molecule has 4 heteroatoms. The number of rotatable bonds is 7. The number of hydrogen-bond acceptors (Lipinski definition) is 4. The van der Waals surface area contributed by atoms with Crippen LogP contribution in [0.2, 0.25) is 0 Å². The molecule has 1 aliphatic rings. The fourth-order valence-electron chi connectivity index (χ4n) is 2.15. The van der Waals surface area contributed by atoms with Crippen LogP contribution in [-0.4, -0.2) is 32.8 Å². The fourth-order valence-corrected chi connectivity index (χ4v) is 2.15. The largest absolute Gasteiger partial charge is 0.496 e. The average Bonchev–Trinajstić information content (AvgIpc) is 2.38. The summed E-state index contributed by atoms with van der Waals surface area (Å²) in [5, 5.41) is 3.24. The molecule has 0 fully saturated rings. The Morgan fingerprint density at radius 3 is 2.95 bits per heavy atom. The molecule has 0 spiro atoms. The summed E-state index contributed by atoms with van der Waals surface area (Å²) >= 11 is 0. The van der Waals surface area contributed by atoms with Gasteiger partial charge < -0.3 is 14.8 Å². The molecule has 0 radical (unpaired) electrons. The third kappa shape index (κ3) is 3.15. The van der Waals surface area contributed by atoms with Crippen molar-refractivity contribution in [3.8, 4) is 5.75 Å². The smallest absolute Gasteiger partial charge is 0.307 e. The molecule has 0 atom stereocenters. The molecule has 1 aromatic rings. The molecule has 19 heavy (non-hydrogen) atoms. The number of ether oxygens (including phenoxy) is 2. The zero-order valence-electron chi connectivity index (χ0n) is 11.4. The molecular weight excluding hydrogens is 242 g/mol. The summed E-state index contributed by atoms with van der Waals surface area (Å²) in [7, 11) is 1.68. The molecule has 0 bridgehead atoms. The summed E-state index contributed by atoms with van der Waals surface area (Å²) in [4.78, 5) is 11.2. The van der Waals surface area contributed by atoms with Gasteiger partial charge in [-0.25, -0.2) is 0 Å². The van der Waals surface area contributed by atoms with Gasteiger partial charge in [0.2, 0.25) is 0 Å². The highest BCUT2D eigenvalue weighted by Gasteiger charge is 2.19. The normalized spacial score (nSPS) is 12.2. The Bertz CT molecular complexity index is 494. The van der Waals surface area contributed by atoms with Crippen LogP contribution in [0.3, 0.4) is 0 Å². The number of nitrogens with one attached hydrogen (secondary N) is 1. The molecule has 0 amide bonds. The van der Waals surface area contributed by atoms with E-state index in [1.165, 1.54) is 16.7 Å². The zero-order valence-corrected chi connectivity index (χ0v) is 11.4. The van der Waals surface area contributed by atoms with Gasteiger partial charge in [0.25, 0.3) is 0 Å². The Hall–Kier alpha value is -1.81. The first-order valence-electron chi connectivity index (χ1n) is 6.50. The molecule has 0 unspecified atom stereocenters. The van der Waals surface area contributed by atoms with Crippen LogP contribution in [0.25, 0.3) is 11.6 Å². The van der Waals surface area contributed by atoms with E-state index in [2.05, 4.69) is 17.5 Å². The summed E-state index contributed by atoms with van der Waals surface area (Å²) in [5.74, 6) is 0.748. The van der Waals surface area contributed by atoms with Gasteiger partial charge in [0.15, 0.2) is 0 Å². The average molecular weight is 261 g/mol. The van der Waals surface area contributed by atoms with E-state index in [0.717, 1.165) is 12.3 Å². The molecule has 2 rings (SSSR count). The Morgan fingerprint density at radius 1 is 1.37 bits per heavy atom. The Morgan fingerprint density at radius 2 is 2.21 bits per heavy atom. The lowest BCUT2D eigenvalue weighted by Gasteiger charge is -2.23. The zero-order chi connectivity index (χ0) is 13.7. The van der Waals surface area contributed by atoms with E-state index >= 15 is 0 Å². The van der Waals surface area contributed by atoms with Crippen molar-refractivity contribution in [1.29, 1.82) is 0 Å². The summed E-state index contributed by atoms with van der Waals surface area (Å²) in [5.41, 5.74) is 3.60. The van der Waals surface area contributed by atoms with E-state index in [9.17, 15) is 4.79 Å². The van der Waals surface area contributed by atoms with Gasteiger partial charge in [-0.15, -0.1) is 0 Å². The van der Waals surface area contributed by atoms with Crippen molar-refractivity contribution in [1.82, 2.24) is 5.32 Å². The highest BCUT2D eigenvalue weighted by molar-refractivity contribution is 5.98. The topological polar surface area (TPSA) is 47.6 Å². The van der Waals surface area contributed by atoms with Crippen LogP contribution in [0.5, 0.6) is 5.75 Å². The van der Waals surface area contributed by atoms with Gasteiger partial charge >= 0.3 is 5.97 Å². The molecule has 0 saturated carbocycles. The molecule has 0 saturated heterocycles. The number of esters is 1.